The minimum Gasteiger partial charge on any atom is -0.477 e. The summed E-state index contributed by atoms with van der Waals surface area (Å²) < 4.78 is 27.4. The lowest BCUT2D eigenvalue weighted by atomic mass is 9.78. The van der Waals surface area contributed by atoms with Gasteiger partial charge in [-0.05, 0) is 33.1 Å². The Morgan fingerprint density at radius 3 is 2.35 bits per heavy atom. The van der Waals surface area contributed by atoms with E-state index < -0.39 is 21.5 Å². The number of rotatable bonds is 5. The zero-order valence-corrected chi connectivity index (χ0v) is 12.2. The van der Waals surface area contributed by atoms with Gasteiger partial charge in [0.1, 0.15) is 10.6 Å². The van der Waals surface area contributed by atoms with Crippen LogP contribution in [0.15, 0.2) is 4.90 Å². The fourth-order valence-electron chi connectivity index (χ4n) is 2.58. The Balaban J connectivity index is 2.42. The first-order chi connectivity index (χ1) is 9.22. The summed E-state index contributed by atoms with van der Waals surface area (Å²) in [5.74, 6) is -1.20. The molecule has 0 aliphatic heterocycles. The van der Waals surface area contributed by atoms with Gasteiger partial charge < -0.3 is 15.2 Å². The molecule has 2 rings (SSSR count). The molecule has 112 valence electrons. The molecule has 0 saturated heterocycles. The number of hydrogen-bond donors (Lipinski definition) is 4. The Morgan fingerprint density at radius 2 is 2.00 bits per heavy atom. The number of sulfonamides is 1. The van der Waals surface area contributed by atoms with Crippen LogP contribution >= 0.6 is 0 Å². The fourth-order valence-corrected chi connectivity index (χ4v) is 4.48. The van der Waals surface area contributed by atoms with Crippen LogP contribution in [0.2, 0.25) is 0 Å². The van der Waals surface area contributed by atoms with Crippen LogP contribution in [-0.4, -0.2) is 41.7 Å². The minimum absolute atomic E-state index is 0.0466. The van der Waals surface area contributed by atoms with Crippen molar-refractivity contribution in [2.45, 2.75) is 43.5 Å². The Bertz CT molecular complexity index is 638. The molecule has 0 unspecified atom stereocenters. The second-order valence-electron chi connectivity index (χ2n) is 5.28. The normalized spacial score (nSPS) is 17.8. The van der Waals surface area contributed by atoms with Crippen molar-refractivity contribution < 1.29 is 23.4 Å². The van der Waals surface area contributed by atoms with Crippen LogP contribution in [-0.2, 0) is 10.0 Å². The van der Waals surface area contributed by atoms with Gasteiger partial charge in [0.15, 0.2) is 0 Å². The zero-order valence-electron chi connectivity index (χ0n) is 11.4. The van der Waals surface area contributed by atoms with E-state index in [4.69, 9.17) is 5.11 Å². The molecule has 20 heavy (non-hydrogen) atoms. The van der Waals surface area contributed by atoms with E-state index in [2.05, 4.69) is 9.71 Å². The molecule has 4 N–H and O–H groups in total. The first-order valence-electron chi connectivity index (χ1n) is 6.30. The van der Waals surface area contributed by atoms with Crippen LogP contribution in [0.5, 0.6) is 0 Å². The molecule has 8 heteroatoms. The molecule has 0 spiro atoms. The van der Waals surface area contributed by atoms with Crippen molar-refractivity contribution in [1.82, 2.24) is 9.71 Å². The largest absolute Gasteiger partial charge is 0.477 e. The van der Waals surface area contributed by atoms with E-state index in [0.29, 0.717) is 12.8 Å². The summed E-state index contributed by atoms with van der Waals surface area (Å²) >= 11 is 0. The Kier molecular flexibility index (Phi) is 3.66. The van der Waals surface area contributed by atoms with Crippen LogP contribution in [0.25, 0.3) is 0 Å². The SMILES string of the molecule is Cc1[nH]c(C(=O)O)c(C)c1S(=O)(=O)NC1(CO)CCC1. The van der Waals surface area contributed by atoms with E-state index in [0.717, 1.165) is 6.42 Å². The quantitative estimate of drug-likeness (QED) is 0.632. The maximum absolute atomic E-state index is 12.4. The lowest BCUT2D eigenvalue weighted by molar-refractivity contribution is 0.0690. The molecular formula is C12H18N2O5S. The van der Waals surface area contributed by atoms with E-state index in [1.807, 2.05) is 0 Å². The Morgan fingerprint density at radius 1 is 1.40 bits per heavy atom. The maximum Gasteiger partial charge on any atom is 0.352 e. The molecular weight excluding hydrogens is 284 g/mol. The highest BCUT2D eigenvalue weighted by Gasteiger charge is 2.41. The molecule has 0 radical (unpaired) electrons. The smallest absolute Gasteiger partial charge is 0.352 e. The molecule has 0 aromatic carbocycles. The summed E-state index contributed by atoms with van der Waals surface area (Å²) in [5, 5.41) is 18.4. The Hall–Kier alpha value is -1.38. The van der Waals surface area contributed by atoms with Crippen molar-refractivity contribution in [3.63, 3.8) is 0 Å². The molecule has 1 aliphatic carbocycles. The molecule has 1 aromatic heterocycles. The van der Waals surface area contributed by atoms with Gasteiger partial charge in [-0.15, -0.1) is 0 Å². The number of H-pyrrole nitrogens is 1. The van der Waals surface area contributed by atoms with Crippen molar-refractivity contribution >= 4 is 16.0 Å². The zero-order chi connectivity index (χ0) is 15.1. The monoisotopic (exact) mass is 302 g/mol. The third kappa shape index (κ3) is 2.34. The van der Waals surface area contributed by atoms with Crippen LogP contribution in [0.3, 0.4) is 0 Å². The number of carbonyl (C=O) groups is 1. The fraction of sp³-hybridized carbons (Fsp3) is 0.583. The number of aromatic amines is 1. The second kappa shape index (κ2) is 4.87. The van der Waals surface area contributed by atoms with Gasteiger partial charge in [0.2, 0.25) is 10.0 Å². The van der Waals surface area contributed by atoms with Crippen LogP contribution in [0.1, 0.15) is 41.0 Å². The number of aromatic carboxylic acids is 1. The highest BCUT2D eigenvalue weighted by Crippen LogP contribution is 2.34. The van der Waals surface area contributed by atoms with E-state index in [1.54, 1.807) is 0 Å². The number of aryl methyl sites for hydroxylation is 1. The van der Waals surface area contributed by atoms with Crippen molar-refractivity contribution in [2.24, 2.45) is 0 Å². The predicted molar refractivity (Wildman–Crippen MR) is 71.2 cm³/mol. The summed E-state index contributed by atoms with van der Waals surface area (Å²) in [6, 6.07) is 0. The molecule has 0 bridgehead atoms. The molecule has 1 aliphatic rings. The minimum atomic E-state index is -3.87. The molecule has 1 aromatic rings. The number of carboxylic acid groups (broad SMARTS) is 1. The van der Waals surface area contributed by atoms with Gasteiger partial charge in [-0.1, -0.05) is 0 Å². The van der Waals surface area contributed by atoms with Crippen molar-refractivity contribution in [3.05, 3.63) is 17.0 Å². The number of hydrogen-bond acceptors (Lipinski definition) is 4. The standard InChI is InChI=1S/C12H18N2O5S/c1-7-9(11(16)17)13-8(2)10(7)20(18,19)14-12(6-15)4-3-5-12/h13-15H,3-6H2,1-2H3,(H,16,17). The van der Waals surface area contributed by atoms with E-state index in [-0.39, 0.29) is 28.5 Å². The number of aliphatic hydroxyl groups is 1. The number of nitrogens with one attached hydrogen (secondary N) is 2. The van der Waals surface area contributed by atoms with Gasteiger partial charge in [-0.3, -0.25) is 0 Å². The van der Waals surface area contributed by atoms with E-state index in [1.165, 1.54) is 13.8 Å². The number of aromatic nitrogens is 1. The highest BCUT2D eigenvalue weighted by molar-refractivity contribution is 7.89. The maximum atomic E-state index is 12.4. The molecule has 0 atom stereocenters. The Labute approximate surface area is 117 Å². The average molecular weight is 302 g/mol. The van der Waals surface area contributed by atoms with Crippen molar-refractivity contribution in [2.75, 3.05) is 6.61 Å². The number of carboxylic acids is 1. The third-order valence-corrected chi connectivity index (χ3v) is 5.67. The van der Waals surface area contributed by atoms with E-state index >= 15 is 0 Å². The summed E-state index contributed by atoms with van der Waals surface area (Å²) in [4.78, 5) is 13.6. The van der Waals surface area contributed by atoms with Gasteiger partial charge in [-0.25, -0.2) is 17.9 Å². The summed E-state index contributed by atoms with van der Waals surface area (Å²) in [6.07, 6.45) is 2.02. The number of aliphatic hydroxyl groups excluding tert-OH is 1. The topological polar surface area (TPSA) is 119 Å². The van der Waals surface area contributed by atoms with Gasteiger partial charge in [0.25, 0.3) is 0 Å². The van der Waals surface area contributed by atoms with Crippen LogP contribution < -0.4 is 4.72 Å². The van der Waals surface area contributed by atoms with Gasteiger partial charge in [0, 0.05) is 11.3 Å². The van der Waals surface area contributed by atoms with E-state index in [9.17, 15) is 18.3 Å². The average Bonchev–Trinajstić information content (AvgIpc) is 2.60. The van der Waals surface area contributed by atoms with Gasteiger partial charge in [0.05, 0.1) is 12.1 Å². The highest BCUT2D eigenvalue weighted by atomic mass is 32.2. The molecule has 1 heterocycles. The summed E-state index contributed by atoms with van der Waals surface area (Å²) in [6.45, 7) is 2.70. The lowest BCUT2D eigenvalue weighted by Crippen LogP contribution is -2.56. The summed E-state index contributed by atoms with van der Waals surface area (Å²) in [5.41, 5.74) is -0.484. The van der Waals surface area contributed by atoms with Crippen molar-refractivity contribution in [1.29, 1.82) is 0 Å². The summed E-state index contributed by atoms with van der Waals surface area (Å²) in [7, 11) is -3.87. The second-order valence-corrected chi connectivity index (χ2v) is 6.90. The molecule has 7 nitrogen and oxygen atoms in total. The first kappa shape index (κ1) is 15.0. The molecule has 1 saturated carbocycles. The van der Waals surface area contributed by atoms with Crippen LogP contribution in [0, 0.1) is 13.8 Å². The predicted octanol–water partition coefficient (Wildman–Crippen LogP) is 0.523. The van der Waals surface area contributed by atoms with Gasteiger partial charge >= 0.3 is 5.97 Å². The first-order valence-corrected chi connectivity index (χ1v) is 7.78. The van der Waals surface area contributed by atoms with Crippen LogP contribution in [0.4, 0.5) is 0 Å². The molecule has 0 amide bonds. The van der Waals surface area contributed by atoms with Gasteiger partial charge in [-0.2, -0.15) is 0 Å². The van der Waals surface area contributed by atoms with Crippen molar-refractivity contribution in [3.8, 4) is 0 Å². The lowest BCUT2D eigenvalue weighted by Gasteiger charge is -2.40. The third-order valence-electron chi connectivity index (χ3n) is 3.82. The molecule has 1 fully saturated rings.